The highest BCUT2D eigenvalue weighted by Crippen LogP contribution is 2.28. The minimum absolute atomic E-state index is 0.0562. The van der Waals surface area contributed by atoms with Gasteiger partial charge in [0.05, 0.1) is 25.4 Å². The number of aromatic amines is 1. The van der Waals surface area contributed by atoms with Crippen molar-refractivity contribution in [2.45, 2.75) is 31.6 Å². The van der Waals surface area contributed by atoms with Gasteiger partial charge in [0, 0.05) is 0 Å². The van der Waals surface area contributed by atoms with Crippen LogP contribution >= 0.6 is 12.2 Å². The zero-order chi connectivity index (χ0) is 12.5. The lowest BCUT2D eigenvalue weighted by Crippen LogP contribution is -2.28. The van der Waals surface area contributed by atoms with Crippen LogP contribution in [0.2, 0.25) is 0 Å². The highest BCUT2D eigenvalue weighted by atomic mass is 32.1. The Labute approximate surface area is 109 Å². The SMILES string of the molecule is OC[C@@H]1CCC[C@@H](n2cnc3c(=S)nc[nH]c32)O1. The molecule has 2 N–H and O–H groups in total. The summed E-state index contributed by atoms with van der Waals surface area (Å²) in [4.78, 5) is 11.3. The fourth-order valence-electron chi connectivity index (χ4n) is 2.31. The van der Waals surface area contributed by atoms with Crippen molar-refractivity contribution >= 4 is 23.4 Å². The number of fused-ring (bicyclic) bond motifs is 1. The number of H-pyrrole nitrogens is 1. The minimum Gasteiger partial charge on any atom is -0.394 e. The Hall–Kier alpha value is -1.31. The van der Waals surface area contributed by atoms with Gasteiger partial charge >= 0.3 is 0 Å². The summed E-state index contributed by atoms with van der Waals surface area (Å²) in [5, 5.41) is 9.18. The van der Waals surface area contributed by atoms with Gasteiger partial charge in [0.1, 0.15) is 17.4 Å². The van der Waals surface area contributed by atoms with Crippen LogP contribution < -0.4 is 0 Å². The molecule has 0 aliphatic carbocycles. The summed E-state index contributed by atoms with van der Waals surface area (Å²) in [6.07, 6.45) is 5.92. The topological polar surface area (TPSA) is 76.0 Å². The Bertz CT molecular complexity index is 608. The van der Waals surface area contributed by atoms with Crippen molar-refractivity contribution in [2.24, 2.45) is 0 Å². The lowest BCUT2D eigenvalue weighted by molar-refractivity contribution is -0.105. The molecule has 96 valence electrons. The van der Waals surface area contributed by atoms with Crippen LogP contribution in [0.1, 0.15) is 25.5 Å². The number of ether oxygens (including phenoxy) is 1. The van der Waals surface area contributed by atoms with Crippen molar-refractivity contribution in [1.82, 2.24) is 19.5 Å². The summed E-state index contributed by atoms with van der Waals surface area (Å²) in [6.45, 7) is 0.0562. The van der Waals surface area contributed by atoms with Crippen molar-refractivity contribution < 1.29 is 9.84 Å². The first kappa shape index (κ1) is 11.8. The van der Waals surface area contributed by atoms with Crippen LogP contribution in [0.3, 0.4) is 0 Å². The fraction of sp³-hybridized carbons (Fsp3) is 0.545. The van der Waals surface area contributed by atoms with E-state index in [9.17, 15) is 5.11 Å². The maximum Gasteiger partial charge on any atom is 0.157 e. The summed E-state index contributed by atoms with van der Waals surface area (Å²) in [5.74, 6) is 0. The smallest absolute Gasteiger partial charge is 0.157 e. The first-order valence-electron chi connectivity index (χ1n) is 5.96. The van der Waals surface area contributed by atoms with Gasteiger partial charge < -0.3 is 14.8 Å². The van der Waals surface area contributed by atoms with Crippen LogP contribution in [0.4, 0.5) is 0 Å². The first-order chi connectivity index (χ1) is 8.79. The lowest BCUT2D eigenvalue weighted by Gasteiger charge is -2.29. The van der Waals surface area contributed by atoms with E-state index in [-0.39, 0.29) is 18.9 Å². The quantitative estimate of drug-likeness (QED) is 0.807. The summed E-state index contributed by atoms with van der Waals surface area (Å²) >= 11 is 5.13. The maximum atomic E-state index is 9.18. The number of nitrogens with one attached hydrogen (secondary N) is 1. The number of hydrogen-bond acceptors (Lipinski definition) is 5. The molecule has 2 atom stereocenters. The van der Waals surface area contributed by atoms with Crippen LogP contribution in [0.5, 0.6) is 0 Å². The van der Waals surface area contributed by atoms with Gasteiger partial charge in [-0.2, -0.15) is 0 Å². The number of imidazole rings is 1. The molecule has 0 unspecified atom stereocenters. The van der Waals surface area contributed by atoms with Crippen molar-refractivity contribution in [1.29, 1.82) is 0 Å². The third-order valence-electron chi connectivity index (χ3n) is 3.22. The molecule has 6 nitrogen and oxygen atoms in total. The molecule has 0 radical (unpaired) electrons. The van der Waals surface area contributed by atoms with Crippen LogP contribution in [-0.4, -0.2) is 37.3 Å². The molecule has 1 fully saturated rings. The zero-order valence-electron chi connectivity index (χ0n) is 9.74. The molecule has 3 rings (SSSR count). The van der Waals surface area contributed by atoms with Gasteiger partial charge in [0.15, 0.2) is 4.64 Å². The highest BCUT2D eigenvalue weighted by molar-refractivity contribution is 7.71. The van der Waals surface area contributed by atoms with Gasteiger partial charge in [0.25, 0.3) is 0 Å². The molecule has 1 aliphatic heterocycles. The number of aromatic nitrogens is 4. The van der Waals surface area contributed by atoms with Crippen molar-refractivity contribution in [3.63, 3.8) is 0 Å². The Kier molecular flexibility index (Phi) is 3.11. The number of rotatable bonds is 2. The zero-order valence-corrected chi connectivity index (χ0v) is 10.6. The predicted molar refractivity (Wildman–Crippen MR) is 67.6 cm³/mol. The van der Waals surface area contributed by atoms with E-state index in [4.69, 9.17) is 17.0 Å². The average molecular weight is 266 g/mol. The number of nitrogens with zero attached hydrogens (tertiary/aromatic N) is 3. The lowest BCUT2D eigenvalue weighted by atomic mass is 10.1. The normalized spacial score (nSPS) is 24.5. The van der Waals surface area contributed by atoms with E-state index in [1.807, 2.05) is 4.57 Å². The van der Waals surface area contributed by atoms with Gasteiger partial charge in [-0.3, -0.25) is 4.57 Å². The Morgan fingerprint density at radius 2 is 2.39 bits per heavy atom. The number of hydrogen-bond donors (Lipinski definition) is 2. The van der Waals surface area contributed by atoms with Crippen LogP contribution in [0, 0.1) is 4.64 Å². The molecule has 0 spiro atoms. The van der Waals surface area contributed by atoms with E-state index in [1.54, 1.807) is 12.7 Å². The summed E-state index contributed by atoms with van der Waals surface area (Å²) in [5.41, 5.74) is 1.50. The van der Waals surface area contributed by atoms with E-state index in [0.717, 1.165) is 24.9 Å². The standard InChI is InChI=1S/C11H14N4O2S/c16-4-7-2-1-3-8(17-7)15-6-14-9-10(15)12-5-13-11(9)18/h5-8,16H,1-4H2,(H,12,13,18)/t7-,8-/m0/s1. The van der Waals surface area contributed by atoms with Crippen LogP contribution in [0.25, 0.3) is 11.2 Å². The summed E-state index contributed by atoms with van der Waals surface area (Å²) in [7, 11) is 0. The average Bonchev–Trinajstić information content (AvgIpc) is 2.84. The first-order valence-corrected chi connectivity index (χ1v) is 6.37. The molecule has 18 heavy (non-hydrogen) atoms. The van der Waals surface area contributed by atoms with Crippen molar-refractivity contribution in [2.75, 3.05) is 6.61 Å². The molecular weight excluding hydrogens is 252 g/mol. The van der Waals surface area contributed by atoms with E-state index in [2.05, 4.69) is 15.0 Å². The molecule has 1 saturated heterocycles. The highest BCUT2D eigenvalue weighted by Gasteiger charge is 2.24. The fourth-order valence-corrected chi connectivity index (χ4v) is 2.51. The second kappa shape index (κ2) is 4.75. The Morgan fingerprint density at radius 3 is 3.22 bits per heavy atom. The third-order valence-corrected chi connectivity index (χ3v) is 3.52. The van der Waals surface area contributed by atoms with Crippen LogP contribution in [-0.2, 0) is 4.74 Å². The minimum atomic E-state index is -0.103. The summed E-state index contributed by atoms with van der Waals surface area (Å²) < 4.78 is 8.24. The van der Waals surface area contributed by atoms with E-state index in [1.165, 1.54) is 0 Å². The second-order valence-electron chi connectivity index (χ2n) is 4.38. The number of aliphatic hydroxyl groups is 1. The maximum absolute atomic E-state index is 9.18. The molecule has 7 heteroatoms. The van der Waals surface area contributed by atoms with Crippen molar-refractivity contribution in [3.05, 3.63) is 17.3 Å². The molecule has 3 heterocycles. The predicted octanol–water partition coefficient (Wildman–Crippen LogP) is 1.55. The molecule has 2 aromatic heterocycles. The largest absolute Gasteiger partial charge is 0.394 e. The molecule has 0 amide bonds. The molecule has 1 aliphatic rings. The number of aliphatic hydroxyl groups excluding tert-OH is 1. The Morgan fingerprint density at radius 1 is 1.50 bits per heavy atom. The van der Waals surface area contributed by atoms with E-state index >= 15 is 0 Å². The summed E-state index contributed by atoms with van der Waals surface area (Å²) in [6, 6.07) is 0. The third kappa shape index (κ3) is 1.94. The van der Waals surface area contributed by atoms with Gasteiger partial charge in [-0.1, -0.05) is 12.2 Å². The van der Waals surface area contributed by atoms with Gasteiger partial charge in [0.2, 0.25) is 0 Å². The Balaban J connectivity index is 1.99. The van der Waals surface area contributed by atoms with Crippen molar-refractivity contribution in [3.8, 4) is 0 Å². The van der Waals surface area contributed by atoms with Crippen LogP contribution in [0.15, 0.2) is 12.7 Å². The molecule has 0 bridgehead atoms. The molecule has 2 aromatic rings. The monoisotopic (exact) mass is 266 g/mol. The second-order valence-corrected chi connectivity index (χ2v) is 4.77. The van der Waals surface area contributed by atoms with Gasteiger partial charge in [-0.05, 0) is 19.3 Å². The molecule has 0 saturated carbocycles. The molecular formula is C11H14N4O2S. The van der Waals surface area contributed by atoms with E-state index < -0.39 is 0 Å². The van der Waals surface area contributed by atoms with E-state index in [0.29, 0.717) is 10.2 Å². The van der Waals surface area contributed by atoms with Gasteiger partial charge in [-0.15, -0.1) is 0 Å². The molecule has 0 aromatic carbocycles. The van der Waals surface area contributed by atoms with Gasteiger partial charge in [-0.25, -0.2) is 9.97 Å².